The molecule has 1 unspecified atom stereocenters. The van der Waals surface area contributed by atoms with Crippen LogP contribution in [0.2, 0.25) is 5.02 Å². The van der Waals surface area contributed by atoms with Crippen LogP contribution in [-0.4, -0.2) is 21.6 Å². The molecule has 6 nitrogen and oxygen atoms in total. The predicted octanol–water partition coefficient (Wildman–Crippen LogP) is 3.46. The van der Waals surface area contributed by atoms with Crippen LogP contribution >= 0.6 is 11.6 Å². The van der Waals surface area contributed by atoms with Gasteiger partial charge in [0.25, 0.3) is 0 Å². The van der Waals surface area contributed by atoms with Crippen molar-refractivity contribution >= 4 is 34.9 Å². The number of anilines is 2. The van der Waals surface area contributed by atoms with Crippen molar-refractivity contribution in [3.05, 3.63) is 70.9 Å². The maximum absolute atomic E-state index is 13.0. The third kappa shape index (κ3) is 2.88. The summed E-state index contributed by atoms with van der Waals surface area (Å²) < 4.78 is 1.60. The number of hydrogen-bond donors (Lipinski definition) is 1. The highest BCUT2D eigenvalue weighted by molar-refractivity contribution is 6.30. The fourth-order valence-electron chi connectivity index (χ4n) is 3.47. The Balaban J connectivity index is 1.73. The first-order chi connectivity index (χ1) is 13.0. The van der Waals surface area contributed by atoms with E-state index in [0.29, 0.717) is 27.8 Å². The van der Waals surface area contributed by atoms with Gasteiger partial charge in [-0.15, -0.1) is 0 Å². The molecule has 7 heteroatoms. The van der Waals surface area contributed by atoms with Gasteiger partial charge in [-0.2, -0.15) is 5.10 Å². The minimum atomic E-state index is -0.648. The second-order valence-electron chi connectivity index (χ2n) is 6.43. The number of carbonyl (C=O) groups is 2. The van der Waals surface area contributed by atoms with Crippen molar-refractivity contribution in [2.75, 3.05) is 10.6 Å². The van der Waals surface area contributed by atoms with Gasteiger partial charge in [0.2, 0.25) is 11.8 Å². The second-order valence-corrected chi connectivity index (χ2v) is 6.87. The number of aromatic nitrogens is 2. The molecular formula is C20H17ClN4O2. The van der Waals surface area contributed by atoms with Crippen molar-refractivity contribution < 1.29 is 9.59 Å². The molecule has 1 saturated heterocycles. The van der Waals surface area contributed by atoms with Crippen LogP contribution < -0.4 is 10.6 Å². The normalized spacial score (nSPS) is 17.0. The maximum atomic E-state index is 13.0. The van der Waals surface area contributed by atoms with E-state index in [4.69, 9.17) is 17.3 Å². The number of nitrogens with two attached hydrogens (primary N) is 1. The van der Waals surface area contributed by atoms with E-state index in [-0.39, 0.29) is 18.2 Å². The lowest BCUT2D eigenvalue weighted by Crippen LogP contribution is -2.30. The lowest BCUT2D eigenvalue weighted by molar-refractivity contribution is -0.121. The molecule has 1 aliphatic heterocycles. The molecule has 2 N–H and O–H groups in total. The molecule has 2 aromatic carbocycles. The SMILES string of the molecule is Cc1nn(-c2ccccc2)c(N)c1C1CC(=O)N(c2ccc(Cl)cc2)C1=O. The van der Waals surface area contributed by atoms with Gasteiger partial charge in [0, 0.05) is 17.0 Å². The molecule has 2 amide bonds. The number of carbonyl (C=O) groups excluding carboxylic acids is 2. The summed E-state index contributed by atoms with van der Waals surface area (Å²) in [4.78, 5) is 26.8. The van der Waals surface area contributed by atoms with Crippen molar-refractivity contribution in [1.82, 2.24) is 9.78 Å². The molecule has 1 atom stereocenters. The quantitative estimate of drug-likeness (QED) is 0.705. The van der Waals surface area contributed by atoms with E-state index in [0.717, 1.165) is 5.69 Å². The molecule has 0 bridgehead atoms. The molecule has 2 heterocycles. The van der Waals surface area contributed by atoms with Crippen molar-refractivity contribution in [2.45, 2.75) is 19.3 Å². The highest BCUT2D eigenvalue weighted by Gasteiger charge is 2.43. The van der Waals surface area contributed by atoms with Crippen LogP contribution in [0.4, 0.5) is 11.5 Å². The lowest BCUT2D eigenvalue weighted by Gasteiger charge is -2.15. The first-order valence-electron chi connectivity index (χ1n) is 8.50. The van der Waals surface area contributed by atoms with E-state index >= 15 is 0 Å². The smallest absolute Gasteiger partial charge is 0.242 e. The average Bonchev–Trinajstić information content (AvgIpc) is 3.12. The zero-order valence-electron chi connectivity index (χ0n) is 14.6. The summed E-state index contributed by atoms with van der Waals surface area (Å²) in [7, 11) is 0. The molecule has 4 rings (SSSR count). The van der Waals surface area contributed by atoms with Gasteiger partial charge in [0.05, 0.1) is 23.0 Å². The predicted molar refractivity (Wildman–Crippen MR) is 104 cm³/mol. The fraction of sp³-hybridized carbons (Fsp3) is 0.150. The molecule has 27 heavy (non-hydrogen) atoms. The number of nitrogens with zero attached hydrogens (tertiary/aromatic N) is 3. The standard InChI is InChI=1S/C20H17ClN4O2/c1-12-18(19(22)25(23-12)15-5-3-2-4-6-15)16-11-17(26)24(20(16)27)14-9-7-13(21)8-10-14/h2-10,16H,11,22H2,1H3. The third-order valence-corrected chi connectivity index (χ3v) is 4.98. The van der Waals surface area contributed by atoms with Gasteiger partial charge in [0.15, 0.2) is 0 Å². The molecule has 1 fully saturated rings. The van der Waals surface area contributed by atoms with Gasteiger partial charge in [-0.05, 0) is 43.3 Å². The van der Waals surface area contributed by atoms with Gasteiger partial charge in [-0.1, -0.05) is 29.8 Å². The molecule has 1 aromatic heterocycles. The Morgan fingerprint density at radius 3 is 2.37 bits per heavy atom. The van der Waals surface area contributed by atoms with Gasteiger partial charge >= 0.3 is 0 Å². The Kier molecular flexibility index (Phi) is 4.20. The molecule has 0 spiro atoms. The second kappa shape index (κ2) is 6.55. The summed E-state index contributed by atoms with van der Waals surface area (Å²) in [6.45, 7) is 1.80. The van der Waals surface area contributed by atoms with E-state index in [2.05, 4.69) is 5.10 Å². The number of para-hydroxylation sites is 1. The highest BCUT2D eigenvalue weighted by atomic mass is 35.5. The van der Waals surface area contributed by atoms with Crippen molar-refractivity contribution in [3.63, 3.8) is 0 Å². The topological polar surface area (TPSA) is 81.2 Å². The zero-order chi connectivity index (χ0) is 19.1. The molecule has 0 radical (unpaired) electrons. The number of rotatable bonds is 3. The molecule has 1 aliphatic rings. The Bertz CT molecular complexity index is 1030. The lowest BCUT2D eigenvalue weighted by atomic mass is 9.97. The Labute approximate surface area is 161 Å². The highest BCUT2D eigenvalue weighted by Crippen LogP contribution is 2.38. The van der Waals surface area contributed by atoms with Crippen LogP contribution in [0.1, 0.15) is 23.6 Å². The van der Waals surface area contributed by atoms with E-state index < -0.39 is 5.92 Å². The monoisotopic (exact) mass is 380 g/mol. The molecule has 136 valence electrons. The summed E-state index contributed by atoms with van der Waals surface area (Å²) in [5.41, 5.74) is 8.88. The van der Waals surface area contributed by atoms with Crippen molar-refractivity contribution in [2.24, 2.45) is 0 Å². The van der Waals surface area contributed by atoms with Gasteiger partial charge in [0.1, 0.15) is 5.82 Å². The fourth-order valence-corrected chi connectivity index (χ4v) is 3.60. The molecule has 0 aliphatic carbocycles. The van der Waals surface area contributed by atoms with E-state index in [1.165, 1.54) is 4.90 Å². The first kappa shape index (κ1) is 17.3. The Morgan fingerprint density at radius 1 is 1.04 bits per heavy atom. The van der Waals surface area contributed by atoms with Crippen LogP contribution in [0.5, 0.6) is 0 Å². The van der Waals surface area contributed by atoms with Crippen molar-refractivity contribution in [3.8, 4) is 5.69 Å². The number of benzene rings is 2. The maximum Gasteiger partial charge on any atom is 0.242 e. The van der Waals surface area contributed by atoms with Crippen LogP contribution in [0, 0.1) is 6.92 Å². The number of hydrogen-bond acceptors (Lipinski definition) is 4. The van der Waals surface area contributed by atoms with Crippen LogP contribution in [0.25, 0.3) is 5.69 Å². The summed E-state index contributed by atoms with van der Waals surface area (Å²) >= 11 is 5.90. The molecular weight excluding hydrogens is 364 g/mol. The van der Waals surface area contributed by atoms with Crippen LogP contribution in [0.3, 0.4) is 0 Å². The zero-order valence-corrected chi connectivity index (χ0v) is 15.3. The Hall–Kier alpha value is -3.12. The molecule has 3 aromatic rings. The number of halogens is 1. The first-order valence-corrected chi connectivity index (χ1v) is 8.88. The summed E-state index contributed by atoms with van der Waals surface area (Å²) in [6, 6.07) is 16.1. The number of aryl methyl sites for hydroxylation is 1. The van der Waals surface area contributed by atoms with Crippen LogP contribution in [0.15, 0.2) is 54.6 Å². The average molecular weight is 381 g/mol. The van der Waals surface area contributed by atoms with Gasteiger partial charge in [-0.3, -0.25) is 14.5 Å². The Morgan fingerprint density at radius 2 is 1.70 bits per heavy atom. The minimum absolute atomic E-state index is 0.0625. The molecule has 0 saturated carbocycles. The van der Waals surface area contributed by atoms with E-state index in [1.807, 2.05) is 30.3 Å². The van der Waals surface area contributed by atoms with Crippen molar-refractivity contribution in [1.29, 1.82) is 0 Å². The minimum Gasteiger partial charge on any atom is -0.383 e. The van der Waals surface area contributed by atoms with Crippen LogP contribution in [-0.2, 0) is 9.59 Å². The summed E-state index contributed by atoms with van der Waals surface area (Å²) in [6.07, 6.45) is 0.0625. The summed E-state index contributed by atoms with van der Waals surface area (Å²) in [5, 5.41) is 5.03. The van der Waals surface area contributed by atoms with Gasteiger partial charge in [-0.25, -0.2) is 4.68 Å². The number of nitrogen functional groups attached to an aromatic ring is 1. The largest absolute Gasteiger partial charge is 0.383 e. The van der Waals surface area contributed by atoms with Gasteiger partial charge < -0.3 is 5.73 Å². The summed E-state index contributed by atoms with van der Waals surface area (Å²) in [5.74, 6) is -0.836. The van der Waals surface area contributed by atoms with E-state index in [9.17, 15) is 9.59 Å². The third-order valence-electron chi connectivity index (χ3n) is 4.72. The number of amides is 2. The number of imide groups is 1. The van der Waals surface area contributed by atoms with E-state index in [1.54, 1.807) is 35.9 Å².